The zero-order chi connectivity index (χ0) is 15.5. The summed E-state index contributed by atoms with van der Waals surface area (Å²) in [6, 6.07) is 9.54. The number of hydrogen-bond acceptors (Lipinski definition) is 5. The topological polar surface area (TPSA) is 64.8 Å². The number of likely N-dealkylation sites (N-methyl/N-ethyl adjacent to an activating group) is 1. The number of para-hydroxylation sites is 2. The van der Waals surface area contributed by atoms with Crippen molar-refractivity contribution in [1.82, 2.24) is 4.90 Å². The minimum Gasteiger partial charge on any atom is -0.486 e. The maximum absolute atomic E-state index is 11.1. The molecular formula is C16H18N2O3S. The van der Waals surface area contributed by atoms with Gasteiger partial charge in [0.25, 0.3) is 0 Å². The van der Waals surface area contributed by atoms with Crippen LogP contribution in [0.1, 0.15) is 15.2 Å². The van der Waals surface area contributed by atoms with Gasteiger partial charge in [0.2, 0.25) is 5.91 Å². The fourth-order valence-corrected chi connectivity index (χ4v) is 3.38. The Morgan fingerprint density at radius 2 is 2.18 bits per heavy atom. The van der Waals surface area contributed by atoms with Crippen LogP contribution in [-0.2, 0) is 6.54 Å². The summed E-state index contributed by atoms with van der Waals surface area (Å²) in [5.74, 6) is 1.20. The predicted octanol–water partition coefficient (Wildman–Crippen LogP) is 2.12. The Morgan fingerprint density at radius 1 is 1.41 bits per heavy atom. The van der Waals surface area contributed by atoms with Crippen LogP contribution in [0.3, 0.4) is 0 Å². The third kappa shape index (κ3) is 3.40. The van der Waals surface area contributed by atoms with Crippen molar-refractivity contribution in [1.29, 1.82) is 0 Å². The Balaban J connectivity index is 1.56. The van der Waals surface area contributed by atoms with Gasteiger partial charge in [-0.05, 0) is 25.2 Å². The van der Waals surface area contributed by atoms with Crippen molar-refractivity contribution in [3.63, 3.8) is 0 Å². The first-order valence-corrected chi connectivity index (χ1v) is 7.94. The van der Waals surface area contributed by atoms with Crippen molar-refractivity contribution in [2.75, 3.05) is 20.2 Å². The SMILES string of the molecule is CN(Cc1cc(C(N)=O)cs1)CC1COc2ccccc2O1. The lowest BCUT2D eigenvalue weighted by Gasteiger charge is -2.29. The second-order valence-corrected chi connectivity index (χ2v) is 6.36. The molecule has 2 N–H and O–H groups in total. The molecule has 22 heavy (non-hydrogen) atoms. The van der Waals surface area contributed by atoms with Crippen LogP contribution in [0.4, 0.5) is 0 Å². The molecule has 116 valence electrons. The molecule has 6 heteroatoms. The number of nitrogens with zero attached hydrogens (tertiary/aromatic N) is 1. The van der Waals surface area contributed by atoms with Crippen molar-refractivity contribution in [2.45, 2.75) is 12.6 Å². The van der Waals surface area contributed by atoms with Gasteiger partial charge in [0, 0.05) is 23.3 Å². The zero-order valence-corrected chi connectivity index (χ0v) is 13.1. The summed E-state index contributed by atoms with van der Waals surface area (Å²) in [6.07, 6.45) is -0.00419. The lowest BCUT2D eigenvalue weighted by Crippen LogP contribution is -2.39. The van der Waals surface area contributed by atoms with E-state index in [9.17, 15) is 4.79 Å². The molecule has 0 saturated carbocycles. The van der Waals surface area contributed by atoms with Crippen LogP contribution in [0, 0.1) is 0 Å². The first-order chi connectivity index (χ1) is 10.6. The largest absolute Gasteiger partial charge is 0.486 e. The van der Waals surface area contributed by atoms with Crippen LogP contribution in [0.5, 0.6) is 11.5 Å². The average molecular weight is 318 g/mol. The summed E-state index contributed by atoms with van der Waals surface area (Å²) >= 11 is 1.54. The summed E-state index contributed by atoms with van der Waals surface area (Å²) in [4.78, 5) is 14.4. The number of hydrogen-bond donors (Lipinski definition) is 1. The van der Waals surface area contributed by atoms with E-state index in [1.807, 2.05) is 37.4 Å². The molecule has 0 aliphatic carbocycles. The van der Waals surface area contributed by atoms with Crippen LogP contribution in [0.15, 0.2) is 35.7 Å². The second kappa shape index (κ2) is 6.37. The molecule has 1 aromatic heterocycles. The van der Waals surface area contributed by atoms with Gasteiger partial charge in [-0.1, -0.05) is 12.1 Å². The van der Waals surface area contributed by atoms with Crippen LogP contribution >= 0.6 is 11.3 Å². The number of primary amides is 1. The Kier molecular flexibility index (Phi) is 4.31. The molecule has 1 aliphatic rings. The summed E-state index contributed by atoms with van der Waals surface area (Å²) in [5, 5.41) is 1.79. The molecule has 0 saturated heterocycles. The normalized spacial score (nSPS) is 16.7. The van der Waals surface area contributed by atoms with E-state index in [1.165, 1.54) is 0 Å². The van der Waals surface area contributed by atoms with Crippen molar-refractivity contribution in [2.24, 2.45) is 5.73 Å². The lowest BCUT2D eigenvalue weighted by molar-refractivity contribution is 0.0640. The van der Waals surface area contributed by atoms with Gasteiger partial charge >= 0.3 is 0 Å². The third-order valence-electron chi connectivity index (χ3n) is 3.45. The molecule has 2 heterocycles. The number of ether oxygens (including phenoxy) is 2. The number of benzene rings is 1. The molecule has 1 amide bonds. The van der Waals surface area contributed by atoms with E-state index in [4.69, 9.17) is 15.2 Å². The monoisotopic (exact) mass is 318 g/mol. The smallest absolute Gasteiger partial charge is 0.249 e. The summed E-state index contributed by atoms with van der Waals surface area (Å²) < 4.78 is 11.7. The van der Waals surface area contributed by atoms with E-state index in [0.717, 1.165) is 29.5 Å². The third-order valence-corrected chi connectivity index (χ3v) is 4.37. The maximum atomic E-state index is 11.1. The van der Waals surface area contributed by atoms with Gasteiger partial charge in [-0.25, -0.2) is 0 Å². The number of rotatable bonds is 5. The first kappa shape index (κ1) is 14.9. The van der Waals surface area contributed by atoms with Gasteiger partial charge in [-0.2, -0.15) is 0 Å². The fourth-order valence-electron chi connectivity index (χ4n) is 2.42. The Morgan fingerprint density at radius 3 is 2.91 bits per heavy atom. The highest BCUT2D eigenvalue weighted by Crippen LogP contribution is 2.31. The molecule has 3 rings (SSSR count). The molecule has 0 bridgehead atoms. The molecule has 0 fully saturated rings. The second-order valence-electron chi connectivity index (χ2n) is 5.36. The van der Waals surface area contributed by atoms with Gasteiger partial charge < -0.3 is 15.2 Å². The van der Waals surface area contributed by atoms with Crippen molar-refractivity contribution in [3.05, 3.63) is 46.2 Å². The first-order valence-electron chi connectivity index (χ1n) is 7.06. The molecule has 1 aromatic carbocycles. The van der Waals surface area contributed by atoms with Gasteiger partial charge in [0.15, 0.2) is 11.5 Å². The molecule has 0 spiro atoms. The zero-order valence-electron chi connectivity index (χ0n) is 12.3. The lowest BCUT2D eigenvalue weighted by atomic mass is 10.2. The van der Waals surface area contributed by atoms with Crippen LogP contribution in [0.25, 0.3) is 0 Å². The van der Waals surface area contributed by atoms with E-state index in [1.54, 1.807) is 16.7 Å². The number of nitrogens with two attached hydrogens (primary N) is 1. The minimum absolute atomic E-state index is 0.00419. The molecule has 1 atom stereocenters. The Hall–Kier alpha value is -2.05. The van der Waals surface area contributed by atoms with E-state index in [-0.39, 0.29) is 12.0 Å². The highest BCUT2D eigenvalue weighted by molar-refractivity contribution is 7.10. The number of fused-ring (bicyclic) bond motifs is 1. The van der Waals surface area contributed by atoms with Gasteiger partial charge in [0.05, 0.1) is 5.56 Å². The molecule has 2 aromatic rings. The van der Waals surface area contributed by atoms with Gasteiger partial charge in [0.1, 0.15) is 12.7 Å². The van der Waals surface area contributed by atoms with Crippen LogP contribution < -0.4 is 15.2 Å². The fraction of sp³-hybridized carbons (Fsp3) is 0.312. The van der Waals surface area contributed by atoms with Crippen molar-refractivity contribution in [3.8, 4) is 11.5 Å². The van der Waals surface area contributed by atoms with Crippen LogP contribution in [0.2, 0.25) is 0 Å². The standard InChI is InChI=1S/C16H18N2O3S/c1-18(8-13-6-11(10-22-13)16(17)19)7-12-9-20-14-4-2-3-5-15(14)21-12/h2-6,10,12H,7-9H2,1H3,(H2,17,19). The van der Waals surface area contributed by atoms with E-state index >= 15 is 0 Å². The Labute approximate surface area is 133 Å². The number of carbonyl (C=O) groups excluding carboxylic acids is 1. The van der Waals surface area contributed by atoms with Gasteiger partial charge in [-0.3, -0.25) is 9.69 Å². The highest BCUT2D eigenvalue weighted by atomic mass is 32.1. The number of carbonyl (C=O) groups is 1. The van der Waals surface area contributed by atoms with Crippen molar-refractivity contribution >= 4 is 17.2 Å². The summed E-state index contributed by atoms with van der Waals surface area (Å²) in [6.45, 7) is 2.04. The van der Waals surface area contributed by atoms with Crippen LogP contribution in [-0.4, -0.2) is 37.1 Å². The molecule has 1 aliphatic heterocycles. The number of amides is 1. The summed E-state index contributed by atoms with van der Waals surface area (Å²) in [5.41, 5.74) is 5.84. The quantitative estimate of drug-likeness (QED) is 0.917. The van der Waals surface area contributed by atoms with Crippen molar-refractivity contribution < 1.29 is 14.3 Å². The molecule has 5 nitrogen and oxygen atoms in total. The average Bonchev–Trinajstić information content (AvgIpc) is 2.95. The van der Waals surface area contributed by atoms with Gasteiger partial charge in [-0.15, -0.1) is 11.3 Å². The molecular weight excluding hydrogens is 300 g/mol. The number of thiophene rings is 1. The maximum Gasteiger partial charge on any atom is 0.249 e. The minimum atomic E-state index is -0.384. The summed E-state index contributed by atoms with van der Waals surface area (Å²) in [7, 11) is 2.02. The molecule has 0 radical (unpaired) electrons. The van der Waals surface area contributed by atoms with E-state index < -0.39 is 0 Å². The predicted molar refractivity (Wildman–Crippen MR) is 85.5 cm³/mol. The molecule has 1 unspecified atom stereocenters. The van der Waals surface area contributed by atoms with E-state index in [0.29, 0.717) is 12.2 Å². The highest BCUT2D eigenvalue weighted by Gasteiger charge is 2.22. The van der Waals surface area contributed by atoms with E-state index in [2.05, 4.69) is 4.90 Å². The Bertz CT molecular complexity index is 671.